The number of amides is 1. The van der Waals surface area contributed by atoms with Crippen molar-refractivity contribution in [1.29, 1.82) is 0 Å². The van der Waals surface area contributed by atoms with E-state index in [0.29, 0.717) is 24.4 Å². The number of benzene rings is 2. The van der Waals surface area contributed by atoms with Gasteiger partial charge in [0.05, 0.1) is 0 Å². The lowest BCUT2D eigenvalue weighted by Gasteiger charge is -2.46. The molecule has 2 aromatic rings. The molecule has 0 spiro atoms. The molecule has 3 aliphatic heterocycles. The van der Waals surface area contributed by atoms with Crippen LogP contribution in [-0.4, -0.2) is 60.5 Å². The van der Waals surface area contributed by atoms with Crippen molar-refractivity contribution in [3.63, 3.8) is 0 Å². The molecule has 0 radical (unpaired) electrons. The van der Waals surface area contributed by atoms with Crippen molar-refractivity contribution >= 4 is 43.1 Å². The topological polar surface area (TPSA) is 47.6 Å². The van der Waals surface area contributed by atoms with Crippen LogP contribution in [0.4, 0.5) is 0 Å². The van der Waals surface area contributed by atoms with Gasteiger partial charge in [-0.05, 0) is 61.6 Å². The number of hydrogen-bond acceptors (Lipinski definition) is 4. The third kappa shape index (κ3) is 9.69. The van der Waals surface area contributed by atoms with Crippen molar-refractivity contribution in [2.45, 2.75) is 63.7 Å². The quantitative estimate of drug-likeness (QED) is 0.420. The standard InChI is InChI=1S/C30H42N4O.3ClH/c35-30(32-28-14-16-33(17-15-28)20-24-8-3-1-4-9-24)13-7-12-29-27-18-26(19-31-29)22-34(23-27)21-25-10-5-2-6-11-25;;;/h1-6,8-11,26-29,31H,7,12-23H2,(H,32,35);3*1H. The molecule has 3 saturated heterocycles. The third-order valence-corrected chi connectivity index (χ3v) is 8.25. The van der Waals surface area contributed by atoms with E-state index in [0.717, 1.165) is 64.3 Å². The molecule has 0 aromatic heterocycles. The van der Waals surface area contributed by atoms with Gasteiger partial charge in [-0.15, -0.1) is 37.2 Å². The highest BCUT2D eigenvalue weighted by Gasteiger charge is 2.36. The second kappa shape index (κ2) is 16.7. The van der Waals surface area contributed by atoms with E-state index in [2.05, 4.69) is 81.1 Å². The molecule has 2 N–H and O–H groups in total. The molecule has 3 fully saturated rings. The largest absolute Gasteiger partial charge is 0.353 e. The maximum absolute atomic E-state index is 12.6. The maximum atomic E-state index is 12.6. The predicted molar refractivity (Wildman–Crippen MR) is 164 cm³/mol. The first-order valence-corrected chi connectivity index (χ1v) is 13.8. The van der Waals surface area contributed by atoms with E-state index in [1.165, 1.54) is 30.6 Å². The number of hydrogen-bond donors (Lipinski definition) is 2. The van der Waals surface area contributed by atoms with E-state index in [-0.39, 0.29) is 43.1 Å². The highest BCUT2D eigenvalue weighted by atomic mass is 35.5. The van der Waals surface area contributed by atoms with Crippen LogP contribution >= 0.6 is 37.2 Å². The highest BCUT2D eigenvalue weighted by molar-refractivity contribution is 5.86. The average Bonchev–Trinajstić information content (AvgIpc) is 2.88. The van der Waals surface area contributed by atoms with Gasteiger partial charge in [0.25, 0.3) is 0 Å². The summed E-state index contributed by atoms with van der Waals surface area (Å²) >= 11 is 0. The van der Waals surface area contributed by atoms with Crippen LogP contribution in [0.15, 0.2) is 60.7 Å². The van der Waals surface area contributed by atoms with Gasteiger partial charge in [0.15, 0.2) is 0 Å². The highest BCUT2D eigenvalue weighted by Crippen LogP contribution is 2.31. The van der Waals surface area contributed by atoms with Crippen LogP contribution in [0.2, 0.25) is 0 Å². The second-order valence-corrected chi connectivity index (χ2v) is 11.1. The van der Waals surface area contributed by atoms with Gasteiger partial charge in [0.2, 0.25) is 5.91 Å². The molecule has 5 rings (SSSR count). The zero-order chi connectivity index (χ0) is 23.9. The Morgan fingerprint density at radius 1 is 0.842 bits per heavy atom. The van der Waals surface area contributed by atoms with Gasteiger partial charge in [-0.3, -0.25) is 14.6 Å². The number of likely N-dealkylation sites (tertiary alicyclic amines) is 2. The molecule has 0 saturated carbocycles. The Bertz CT molecular complexity index is 928. The molecule has 3 heterocycles. The molecule has 1 amide bonds. The van der Waals surface area contributed by atoms with Crippen LogP contribution in [0, 0.1) is 11.8 Å². The minimum Gasteiger partial charge on any atom is -0.353 e. The number of halogens is 3. The summed E-state index contributed by atoms with van der Waals surface area (Å²) in [5, 5.41) is 7.15. The summed E-state index contributed by atoms with van der Waals surface area (Å²) in [5.41, 5.74) is 2.79. The fourth-order valence-electron chi connectivity index (χ4n) is 6.44. The SMILES string of the molecule is Cl.Cl.Cl.O=C(CCCC1NCC2CC1CN(Cc1ccccc1)C2)NC1CCN(Cc2ccccc2)CC1. The van der Waals surface area contributed by atoms with E-state index in [4.69, 9.17) is 0 Å². The lowest BCUT2D eigenvalue weighted by molar-refractivity contribution is -0.122. The second-order valence-electron chi connectivity index (χ2n) is 11.1. The lowest BCUT2D eigenvalue weighted by atomic mass is 9.79. The van der Waals surface area contributed by atoms with Gasteiger partial charge in [-0.1, -0.05) is 60.7 Å². The molecule has 212 valence electrons. The average molecular weight is 584 g/mol. The van der Waals surface area contributed by atoms with Crippen molar-refractivity contribution in [2.24, 2.45) is 11.8 Å². The number of nitrogens with one attached hydrogen (secondary N) is 2. The Labute approximate surface area is 247 Å². The zero-order valence-electron chi connectivity index (χ0n) is 22.3. The minimum absolute atomic E-state index is 0. The fraction of sp³-hybridized carbons (Fsp3) is 0.567. The Balaban J connectivity index is 0.00000169. The molecular weight excluding hydrogens is 539 g/mol. The van der Waals surface area contributed by atoms with Gasteiger partial charge in [0.1, 0.15) is 0 Å². The van der Waals surface area contributed by atoms with Crippen molar-refractivity contribution < 1.29 is 4.79 Å². The molecule has 2 bridgehead atoms. The van der Waals surface area contributed by atoms with Crippen LogP contribution in [0.25, 0.3) is 0 Å². The number of nitrogens with zero attached hydrogens (tertiary/aromatic N) is 2. The number of fused-ring (bicyclic) bond motifs is 2. The van der Waals surface area contributed by atoms with Crippen LogP contribution < -0.4 is 10.6 Å². The Kier molecular flexibility index (Phi) is 14.4. The molecule has 5 nitrogen and oxygen atoms in total. The first kappa shape index (κ1) is 32.9. The van der Waals surface area contributed by atoms with Crippen LogP contribution in [0.1, 0.15) is 49.7 Å². The van der Waals surface area contributed by atoms with Crippen LogP contribution in [-0.2, 0) is 17.9 Å². The van der Waals surface area contributed by atoms with Crippen LogP contribution in [0.3, 0.4) is 0 Å². The lowest BCUT2D eigenvalue weighted by Crippen LogP contribution is -2.55. The first-order valence-electron chi connectivity index (χ1n) is 13.8. The van der Waals surface area contributed by atoms with Crippen molar-refractivity contribution in [1.82, 2.24) is 20.4 Å². The first-order chi connectivity index (χ1) is 17.2. The number of carbonyl (C=O) groups is 1. The molecular formula is C30H45Cl3N4O. The summed E-state index contributed by atoms with van der Waals surface area (Å²) in [6, 6.07) is 22.4. The third-order valence-electron chi connectivity index (χ3n) is 8.25. The zero-order valence-corrected chi connectivity index (χ0v) is 24.8. The number of carbonyl (C=O) groups excluding carboxylic acids is 1. The smallest absolute Gasteiger partial charge is 0.220 e. The summed E-state index contributed by atoms with van der Waals surface area (Å²) in [5.74, 6) is 1.72. The number of rotatable bonds is 9. The fourth-order valence-corrected chi connectivity index (χ4v) is 6.44. The van der Waals surface area contributed by atoms with Gasteiger partial charge in [-0.25, -0.2) is 0 Å². The van der Waals surface area contributed by atoms with Crippen LogP contribution in [0.5, 0.6) is 0 Å². The minimum atomic E-state index is 0. The Hall–Kier alpha value is -1.34. The molecule has 3 unspecified atom stereocenters. The predicted octanol–water partition coefficient (Wildman–Crippen LogP) is 5.31. The van der Waals surface area contributed by atoms with Gasteiger partial charge in [0, 0.05) is 57.8 Å². The van der Waals surface area contributed by atoms with E-state index >= 15 is 0 Å². The van der Waals surface area contributed by atoms with Crippen molar-refractivity contribution in [3.05, 3.63) is 71.8 Å². The van der Waals surface area contributed by atoms with E-state index in [1.54, 1.807) is 0 Å². The van der Waals surface area contributed by atoms with Crippen molar-refractivity contribution in [3.8, 4) is 0 Å². The van der Waals surface area contributed by atoms with Gasteiger partial charge >= 0.3 is 0 Å². The molecule has 2 aromatic carbocycles. The summed E-state index contributed by atoms with van der Waals surface area (Å²) in [7, 11) is 0. The Morgan fingerprint density at radius 2 is 1.45 bits per heavy atom. The molecule has 8 heteroatoms. The van der Waals surface area contributed by atoms with Crippen molar-refractivity contribution in [2.75, 3.05) is 32.7 Å². The summed E-state index contributed by atoms with van der Waals surface area (Å²) < 4.78 is 0. The summed E-state index contributed by atoms with van der Waals surface area (Å²) in [6.07, 6.45) is 6.21. The summed E-state index contributed by atoms with van der Waals surface area (Å²) in [4.78, 5) is 17.8. The Morgan fingerprint density at radius 3 is 2.08 bits per heavy atom. The summed E-state index contributed by atoms with van der Waals surface area (Å²) in [6.45, 7) is 7.71. The van der Waals surface area contributed by atoms with Gasteiger partial charge in [-0.2, -0.15) is 0 Å². The van der Waals surface area contributed by atoms with E-state index in [1.807, 2.05) is 0 Å². The molecule has 0 aliphatic carbocycles. The number of piperidine rings is 3. The monoisotopic (exact) mass is 582 g/mol. The van der Waals surface area contributed by atoms with E-state index in [9.17, 15) is 4.79 Å². The molecule has 3 aliphatic rings. The van der Waals surface area contributed by atoms with Gasteiger partial charge < -0.3 is 10.6 Å². The molecule has 3 atom stereocenters. The normalized spacial score (nSPS) is 23.8. The molecule has 38 heavy (non-hydrogen) atoms. The van der Waals surface area contributed by atoms with E-state index < -0.39 is 0 Å². The maximum Gasteiger partial charge on any atom is 0.220 e.